The van der Waals surface area contributed by atoms with Crippen LogP contribution >= 0.6 is 23.2 Å². The first-order chi connectivity index (χ1) is 16.4. The summed E-state index contributed by atoms with van der Waals surface area (Å²) in [6.07, 6.45) is 0. The van der Waals surface area contributed by atoms with E-state index in [1.807, 2.05) is 0 Å². The number of nitrogens with zero attached hydrogens (tertiary/aromatic N) is 1. The number of amides is 1. The Morgan fingerprint density at radius 2 is 1.74 bits per heavy atom. The van der Waals surface area contributed by atoms with Crippen molar-refractivity contribution in [1.82, 2.24) is 0 Å². The standard InChI is InChI=1S/C24H16Cl2N2O6/c25-15-5-7-18(8-6-15)33-20-12-16(11-17(13-20)28(30)31)27-24(29)23-10-9-19(34-23)14-32-22-4-2-1-3-21(22)26/h1-13H,14H2,(H,27,29). The number of anilines is 1. The Morgan fingerprint density at radius 3 is 2.47 bits per heavy atom. The Hall–Kier alpha value is -4.01. The maximum Gasteiger partial charge on any atom is 0.291 e. The van der Waals surface area contributed by atoms with Gasteiger partial charge in [0.1, 0.15) is 29.6 Å². The number of carbonyl (C=O) groups excluding carboxylic acids is 1. The number of furan rings is 1. The molecular weight excluding hydrogens is 483 g/mol. The van der Waals surface area contributed by atoms with Gasteiger partial charge >= 0.3 is 0 Å². The Morgan fingerprint density at radius 1 is 0.971 bits per heavy atom. The van der Waals surface area contributed by atoms with Gasteiger partial charge in [-0.25, -0.2) is 0 Å². The summed E-state index contributed by atoms with van der Waals surface area (Å²) in [6.45, 7) is 0.0624. The summed E-state index contributed by atoms with van der Waals surface area (Å²) in [7, 11) is 0. The summed E-state index contributed by atoms with van der Waals surface area (Å²) in [5.41, 5.74) is -0.0940. The van der Waals surface area contributed by atoms with E-state index in [0.29, 0.717) is 27.3 Å². The van der Waals surface area contributed by atoms with Gasteiger partial charge in [-0.2, -0.15) is 0 Å². The van der Waals surface area contributed by atoms with Gasteiger partial charge in [-0.05, 0) is 48.5 Å². The fraction of sp³-hybridized carbons (Fsp3) is 0.0417. The number of nitro benzene ring substituents is 1. The van der Waals surface area contributed by atoms with Gasteiger partial charge in [0.15, 0.2) is 5.76 Å². The predicted molar refractivity (Wildman–Crippen MR) is 127 cm³/mol. The highest BCUT2D eigenvalue weighted by Crippen LogP contribution is 2.31. The van der Waals surface area contributed by atoms with Gasteiger partial charge in [0, 0.05) is 17.2 Å². The molecule has 4 rings (SSSR count). The minimum atomic E-state index is -0.595. The number of non-ortho nitro benzene ring substituents is 1. The summed E-state index contributed by atoms with van der Waals surface area (Å²) >= 11 is 11.9. The topological polar surface area (TPSA) is 104 Å². The third-order valence-electron chi connectivity index (χ3n) is 4.50. The first kappa shape index (κ1) is 23.2. The second-order valence-electron chi connectivity index (χ2n) is 6.97. The average molecular weight is 499 g/mol. The second kappa shape index (κ2) is 10.3. The highest BCUT2D eigenvalue weighted by Gasteiger charge is 2.16. The molecule has 0 spiro atoms. The van der Waals surface area contributed by atoms with Crippen molar-refractivity contribution in [1.29, 1.82) is 0 Å². The zero-order valence-corrected chi connectivity index (χ0v) is 18.9. The van der Waals surface area contributed by atoms with Crippen LogP contribution in [0.15, 0.2) is 83.3 Å². The van der Waals surface area contributed by atoms with E-state index < -0.39 is 10.8 Å². The molecule has 0 aliphatic rings. The number of hydrogen-bond donors (Lipinski definition) is 1. The van der Waals surface area contributed by atoms with Crippen molar-refractivity contribution in [2.24, 2.45) is 0 Å². The van der Waals surface area contributed by atoms with Crippen molar-refractivity contribution in [2.75, 3.05) is 5.32 Å². The van der Waals surface area contributed by atoms with Crippen molar-refractivity contribution < 1.29 is 23.6 Å². The quantitative estimate of drug-likeness (QED) is 0.205. The van der Waals surface area contributed by atoms with Crippen LogP contribution in [-0.2, 0) is 6.61 Å². The molecule has 0 radical (unpaired) electrons. The molecule has 3 aromatic carbocycles. The Kier molecular flexibility index (Phi) is 7.01. The van der Waals surface area contributed by atoms with Gasteiger partial charge in [-0.3, -0.25) is 14.9 Å². The zero-order valence-electron chi connectivity index (χ0n) is 17.4. The number of nitrogens with one attached hydrogen (secondary N) is 1. The number of benzene rings is 3. The van der Waals surface area contributed by atoms with Crippen LogP contribution in [0, 0.1) is 10.1 Å². The maximum absolute atomic E-state index is 12.7. The molecule has 1 amide bonds. The molecule has 10 heteroatoms. The lowest BCUT2D eigenvalue weighted by atomic mass is 10.2. The Bertz CT molecular complexity index is 1340. The fourth-order valence-corrected chi connectivity index (χ4v) is 3.26. The minimum Gasteiger partial charge on any atom is -0.484 e. The molecule has 8 nitrogen and oxygen atoms in total. The summed E-state index contributed by atoms with van der Waals surface area (Å²) in [6, 6.07) is 20.5. The van der Waals surface area contributed by atoms with Crippen LogP contribution in [0.5, 0.6) is 17.2 Å². The number of rotatable bonds is 8. The van der Waals surface area contributed by atoms with Crippen LogP contribution in [0.1, 0.15) is 16.3 Å². The molecule has 4 aromatic rings. The Labute approximate surface area is 203 Å². The summed E-state index contributed by atoms with van der Waals surface area (Å²) < 4.78 is 16.8. The van der Waals surface area contributed by atoms with Crippen molar-refractivity contribution >= 4 is 40.5 Å². The van der Waals surface area contributed by atoms with Gasteiger partial charge < -0.3 is 19.2 Å². The van der Waals surface area contributed by atoms with E-state index in [4.69, 9.17) is 37.1 Å². The lowest BCUT2D eigenvalue weighted by Gasteiger charge is -2.09. The number of halogens is 2. The van der Waals surface area contributed by atoms with E-state index in [1.165, 1.54) is 24.3 Å². The summed E-state index contributed by atoms with van der Waals surface area (Å²) in [4.78, 5) is 23.4. The van der Waals surface area contributed by atoms with Crippen molar-refractivity contribution in [3.8, 4) is 17.2 Å². The van der Waals surface area contributed by atoms with Gasteiger partial charge in [-0.15, -0.1) is 0 Å². The number of carbonyl (C=O) groups is 1. The first-order valence-electron chi connectivity index (χ1n) is 9.88. The highest BCUT2D eigenvalue weighted by atomic mass is 35.5. The van der Waals surface area contributed by atoms with Crippen LogP contribution in [0.4, 0.5) is 11.4 Å². The van der Waals surface area contributed by atoms with Crippen LogP contribution in [0.25, 0.3) is 0 Å². The van der Waals surface area contributed by atoms with Crippen molar-refractivity contribution in [3.63, 3.8) is 0 Å². The predicted octanol–water partition coefficient (Wildman–Crippen LogP) is 7.12. The number of para-hydroxylation sites is 1. The van der Waals surface area contributed by atoms with Gasteiger partial charge in [0.25, 0.3) is 11.6 Å². The zero-order chi connectivity index (χ0) is 24.1. The van der Waals surface area contributed by atoms with Crippen LogP contribution < -0.4 is 14.8 Å². The lowest BCUT2D eigenvalue weighted by Crippen LogP contribution is -2.11. The Balaban J connectivity index is 1.46. The number of nitro groups is 1. The van der Waals surface area contributed by atoms with Crippen LogP contribution in [0.3, 0.4) is 0 Å². The largest absolute Gasteiger partial charge is 0.484 e. The smallest absolute Gasteiger partial charge is 0.291 e. The molecule has 34 heavy (non-hydrogen) atoms. The first-order valence-corrected chi connectivity index (χ1v) is 10.6. The third kappa shape index (κ3) is 5.86. The second-order valence-corrected chi connectivity index (χ2v) is 7.81. The van der Waals surface area contributed by atoms with Crippen molar-refractivity contribution in [2.45, 2.75) is 6.61 Å². The highest BCUT2D eigenvalue weighted by molar-refractivity contribution is 6.32. The SMILES string of the molecule is O=C(Nc1cc(Oc2ccc(Cl)cc2)cc([N+](=O)[O-])c1)c1ccc(COc2ccccc2Cl)o1. The van der Waals surface area contributed by atoms with E-state index in [9.17, 15) is 14.9 Å². The van der Waals surface area contributed by atoms with Crippen molar-refractivity contribution in [3.05, 3.63) is 111 Å². The molecule has 1 aromatic heterocycles. The minimum absolute atomic E-state index is 0.00411. The molecule has 1 N–H and O–H groups in total. The molecule has 0 atom stereocenters. The van der Waals surface area contributed by atoms with E-state index in [-0.39, 0.29) is 29.5 Å². The van der Waals surface area contributed by atoms with Gasteiger partial charge in [0.05, 0.1) is 21.7 Å². The van der Waals surface area contributed by atoms with E-state index in [1.54, 1.807) is 54.6 Å². The monoisotopic (exact) mass is 498 g/mol. The molecule has 0 saturated carbocycles. The fourth-order valence-electron chi connectivity index (χ4n) is 2.94. The van der Waals surface area contributed by atoms with E-state index in [2.05, 4.69) is 5.32 Å². The molecule has 0 aliphatic carbocycles. The average Bonchev–Trinajstić information content (AvgIpc) is 3.29. The molecule has 0 unspecified atom stereocenters. The summed E-state index contributed by atoms with van der Waals surface area (Å²) in [5.74, 6) is 0.884. The third-order valence-corrected chi connectivity index (χ3v) is 5.07. The number of ether oxygens (including phenoxy) is 2. The van der Waals surface area contributed by atoms with E-state index in [0.717, 1.165) is 0 Å². The lowest BCUT2D eigenvalue weighted by molar-refractivity contribution is -0.384. The molecular formula is C24H16Cl2N2O6. The van der Waals surface area contributed by atoms with E-state index >= 15 is 0 Å². The van der Waals surface area contributed by atoms with Gasteiger partial charge in [0.2, 0.25) is 0 Å². The van der Waals surface area contributed by atoms with Crippen LogP contribution in [0.2, 0.25) is 10.0 Å². The normalized spacial score (nSPS) is 10.5. The maximum atomic E-state index is 12.7. The summed E-state index contributed by atoms with van der Waals surface area (Å²) in [5, 5.41) is 14.9. The van der Waals surface area contributed by atoms with Gasteiger partial charge in [-0.1, -0.05) is 35.3 Å². The molecule has 172 valence electrons. The molecule has 0 bridgehead atoms. The molecule has 1 heterocycles. The molecule has 0 saturated heterocycles. The number of hydrogen-bond acceptors (Lipinski definition) is 6. The van der Waals surface area contributed by atoms with Crippen LogP contribution in [-0.4, -0.2) is 10.8 Å². The molecule has 0 aliphatic heterocycles. The molecule has 0 fully saturated rings.